The molecular formula is C32H39NO3. The molecule has 3 aromatic carbocycles. The first kappa shape index (κ1) is 25.8. The van der Waals surface area contributed by atoms with Crippen LogP contribution in [-0.4, -0.2) is 30.5 Å². The normalized spacial score (nSPS) is 14.5. The Morgan fingerprint density at radius 3 is 2.25 bits per heavy atom. The number of carbonyl (C=O) groups excluding carboxylic acids is 1. The zero-order valence-corrected chi connectivity index (χ0v) is 22.1. The van der Waals surface area contributed by atoms with Gasteiger partial charge >= 0.3 is 0 Å². The van der Waals surface area contributed by atoms with Gasteiger partial charge in [-0.05, 0) is 79.0 Å². The Morgan fingerprint density at radius 2 is 1.61 bits per heavy atom. The van der Waals surface area contributed by atoms with Gasteiger partial charge in [0.2, 0.25) is 0 Å². The van der Waals surface area contributed by atoms with Crippen molar-refractivity contribution in [1.82, 2.24) is 4.90 Å². The van der Waals surface area contributed by atoms with E-state index in [1.807, 2.05) is 42.2 Å². The van der Waals surface area contributed by atoms with Crippen LogP contribution in [0.4, 0.5) is 0 Å². The molecule has 0 spiro atoms. The highest BCUT2D eigenvalue weighted by Crippen LogP contribution is 2.28. The summed E-state index contributed by atoms with van der Waals surface area (Å²) in [7, 11) is 0. The molecule has 0 aromatic heterocycles. The summed E-state index contributed by atoms with van der Waals surface area (Å²) in [4.78, 5) is 15.3. The fraction of sp³-hybridized carbons (Fsp3) is 0.406. The van der Waals surface area contributed by atoms with E-state index in [0.717, 1.165) is 49.4 Å². The monoisotopic (exact) mass is 485 g/mol. The van der Waals surface area contributed by atoms with E-state index in [0.29, 0.717) is 24.7 Å². The van der Waals surface area contributed by atoms with Crippen LogP contribution in [0.5, 0.6) is 11.5 Å². The Morgan fingerprint density at radius 1 is 0.917 bits per heavy atom. The molecule has 1 aliphatic rings. The van der Waals surface area contributed by atoms with Gasteiger partial charge in [-0.3, -0.25) is 4.79 Å². The largest absolute Gasteiger partial charge is 0.493 e. The maximum Gasteiger partial charge on any atom is 0.253 e. The average molecular weight is 486 g/mol. The Labute approximate surface area is 216 Å². The van der Waals surface area contributed by atoms with Crippen molar-refractivity contribution in [3.05, 3.63) is 95.1 Å². The summed E-state index contributed by atoms with van der Waals surface area (Å²) in [6.07, 6.45) is 3.17. The summed E-state index contributed by atoms with van der Waals surface area (Å²) in [6.45, 7) is 11.1. The Hall–Kier alpha value is -3.27. The molecule has 190 valence electrons. The van der Waals surface area contributed by atoms with E-state index in [-0.39, 0.29) is 11.3 Å². The number of ether oxygens (including phenoxy) is 2. The van der Waals surface area contributed by atoms with Gasteiger partial charge in [-0.25, -0.2) is 0 Å². The van der Waals surface area contributed by atoms with Crippen LogP contribution in [0.25, 0.3) is 0 Å². The number of likely N-dealkylation sites (tertiary alicyclic amines) is 1. The number of nitrogens with zero attached hydrogens (tertiary/aromatic N) is 1. The van der Waals surface area contributed by atoms with Crippen LogP contribution in [0, 0.1) is 5.92 Å². The van der Waals surface area contributed by atoms with Crippen molar-refractivity contribution in [2.24, 2.45) is 5.92 Å². The zero-order chi connectivity index (χ0) is 25.5. The van der Waals surface area contributed by atoms with Gasteiger partial charge in [-0.15, -0.1) is 0 Å². The van der Waals surface area contributed by atoms with Crippen molar-refractivity contribution in [1.29, 1.82) is 0 Å². The maximum absolute atomic E-state index is 13.3. The molecule has 1 saturated heterocycles. The fourth-order valence-electron chi connectivity index (χ4n) is 4.80. The second-order valence-electron chi connectivity index (χ2n) is 10.7. The fourth-order valence-corrected chi connectivity index (χ4v) is 4.80. The highest BCUT2D eigenvalue weighted by molar-refractivity contribution is 5.94. The van der Waals surface area contributed by atoms with Crippen LogP contribution in [0.2, 0.25) is 0 Å². The molecule has 1 fully saturated rings. The number of carbonyl (C=O) groups is 1. The number of amides is 1. The molecule has 4 heteroatoms. The van der Waals surface area contributed by atoms with E-state index in [9.17, 15) is 4.79 Å². The zero-order valence-electron chi connectivity index (χ0n) is 22.1. The topological polar surface area (TPSA) is 38.8 Å². The third-order valence-corrected chi connectivity index (χ3v) is 6.99. The maximum atomic E-state index is 13.3. The standard InChI is InChI=1S/C32H39NO3/c1-5-35-30-16-11-26(22-27(30)23-36-29-14-12-28(13-15-29)32(2,3)4)31(34)33-19-17-25(18-20-33)21-24-9-7-6-8-10-24/h6-16,22,25H,5,17-21,23H2,1-4H3. The van der Waals surface area contributed by atoms with Gasteiger partial charge in [-0.2, -0.15) is 0 Å². The molecule has 0 aliphatic carbocycles. The molecule has 3 aromatic rings. The minimum Gasteiger partial charge on any atom is -0.493 e. The van der Waals surface area contributed by atoms with Crippen molar-refractivity contribution in [2.75, 3.05) is 19.7 Å². The van der Waals surface area contributed by atoms with Crippen molar-refractivity contribution in [3.63, 3.8) is 0 Å². The first-order chi connectivity index (χ1) is 17.3. The lowest BCUT2D eigenvalue weighted by Crippen LogP contribution is -2.39. The molecule has 0 atom stereocenters. The first-order valence-electron chi connectivity index (χ1n) is 13.2. The molecule has 1 aliphatic heterocycles. The van der Waals surface area contributed by atoms with Crippen LogP contribution in [-0.2, 0) is 18.4 Å². The number of rotatable bonds is 8. The van der Waals surface area contributed by atoms with Crippen LogP contribution in [0.3, 0.4) is 0 Å². The molecule has 4 nitrogen and oxygen atoms in total. The molecule has 4 rings (SSSR count). The summed E-state index contributed by atoms with van der Waals surface area (Å²) in [5, 5.41) is 0. The number of hydrogen-bond donors (Lipinski definition) is 0. The molecule has 1 amide bonds. The third kappa shape index (κ3) is 6.69. The predicted molar refractivity (Wildman–Crippen MR) is 146 cm³/mol. The van der Waals surface area contributed by atoms with Gasteiger partial charge in [0.15, 0.2) is 0 Å². The second kappa shape index (κ2) is 11.6. The van der Waals surface area contributed by atoms with Crippen LogP contribution >= 0.6 is 0 Å². The van der Waals surface area contributed by atoms with Crippen molar-refractivity contribution in [3.8, 4) is 11.5 Å². The van der Waals surface area contributed by atoms with E-state index >= 15 is 0 Å². The summed E-state index contributed by atoms with van der Waals surface area (Å²) in [6, 6.07) is 24.6. The summed E-state index contributed by atoms with van der Waals surface area (Å²) < 4.78 is 11.9. The molecule has 0 bridgehead atoms. The summed E-state index contributed by atoms with van der Waals surface area (Å²) >= 11 is 0. The lowest BCUT2D eigenvalue weighted by Gasteiger charge is -2.32. The van der Waals surface area contributed by atoms with Crippen LogP contribution in [0.1, 0.15) is 67.6 Å². The third-order valence-electron chi connectivity index (χ3n) is 6.99. The second-order valence-corrected chi connectivity index (χ2v) is 10.7. The van der Waals surface area contributed by atoms with Gasteiger partial charge in [0.1, 0.15) is 18.1 Å². The Balaban J connectivity index is 1.39. The Kier molecular flexibility index (Phi) is 8.35. The minimum absolute atomic E-state index is 0.0898. The van der Waals surface area contributed by atoms with Gasteiger partial charge < -0.3 is 14.4 Å². The lowest BCUT2D eigenvalue weighted by molar-refractivity contribution is 0.0690. The van der Waals surface area contributed by atoms with E-state index in [4.69, 9.17) is 9.47 Å². The van der Waals surface area contributed by atoms with E-state index in [1.54, 1.807) is 0 Å². The summed E-state index contributed by atoms with van der Waals surface area (Å²) in [5.74, 6) is 2.29. The molecule has 0 unspecified atom stereocenters. The number of hydrogen-bond acceptors (Lipinski definition) is 3. The molecule has 0 radical (unpaired) electrons. The van der Waals surface area contributed by atoms with E-state index in [1.165, 1.54) is 11.1 Å². The van der Waals surface area contributed by atoms with Crippen LogP contribution in [0.15, 0.2) is 72.8 Å². The molecule has 1 heterocycles. The van der Waals surface area contributed by atoms with Gasteiger partial charge in [0, 0.05) is 24.2 Å². The highest BCUT2D eigenvalue weighted by Gasteiger charge is 2.24. The quantitative estimate of drug-likeness (QED) is 0.343. The SMILES string of the molecule is CCOc1ccc(C(=O)N2CCC(Cc3ccccc3)CC2)cc1COc1ccc(C(C)(C)C)cc1. The first-order valence-corrected chi connectivity index (χ1v) is 13.2. The predicted octanol–water partition coefficient (Wildman–Crippen LogP) is 7.06. The molecular weight excluding hydrogens is 446 g/mol. The number of piperidine rings is 1. The molecule has 36 heavy (non-hydrogen) atoms. The van der Waals surface area contributed by atoms with Crippen LogP contribution < -0.4 is 9.47 Å². The van der Waals surface area contributed by atoms with Crippen molar-refractivity contribution < 1.29 is 14.3 Å². The highest BCUT2D eigenvalue weighted by atomic mass is 16.5. The molecule has 0 saturated carbocycles. The molecule has 0 N–H and O–H groups in total. The van der Waals surface area contributed by atoms with Crippen molar-refractivity contribution >= 4 is 5.91 Å². The minimum atomic E-state index is 0.0898. The number of benzene rings is 3. The van der Waals surface area contributed by atoms with E-state index in [2.05, 4.69) is 63.2 Å². The van der Waals surface area contributed by atoms with Gasteiger partial charge in [-0.1, -0.05) is 63.2 Å². The lowest BCUT2D eigenvalue weighted by atomic mass is 9.87. The summed E-state index contributed by atoms with van der Waals surface area (Å²) in [5.41, 5.74) is 4.34. The van der Waals surface area contributed by atoms with Crippen molar-refractivity contribution in [2.45, 2.75) is 59.0 Å². The van der Waals surface area contributed by atoms with Gasteiger partial charge in [0.05, 0.1) is 6.61 Å². The average Bonchev–Trinajstić information content (AvgIpc) is 2.88. The smallest absolute Gasteiger partial charge is 0.253 e. The van der Waals surface area contributed by atoms with Gasteiger partial charge in [0.25, 0.3) is 5.91 Å². The Bertz CT molecular complexity index is 1120. The van der Waals surface area contributed by atoms with E-state index < -0.39 is 0 Å².